The fraction of sp³-hybridized carbons (Fsp3) is 0.269. The van der Waals surface area contributed by atoms with E-state index in [9.17, 15) is 9.59 Å². The van der Waals surface area contributed by atoms with Gasteiger partial charge < -0.3 is 19.7 Å². The fourth-order valence-corrected chi connectivity index (χ4v) is 3.46. The summed E-state index contributed by atoms with van der Waals surface area (Å²) in [4.78, 5) is 27.6. The average Bonchev–Trinajstić information content (AvgIpc) is 3.28. The second kappa shape index (κ2) is 11.7. The number of para-hydroxylation sites is 1. The van der Waals surface area contributed by atoms with Crippen molar-refractivity contribution in [3.8, 4) is 17.2 Å². The molecule has 0 radical (unpaired) electrons. The first-order chi connectivity index (χ1) is 16.5. The minimum absolute atomic E-state index is 0.192. The predicted molar refractivity (Wildman–Crippen MR) is 133 cm³/mol. The van der Waals surface area contributed by atoms with E-state index >= 15 is 0 Å². The van der Waals surface area contributed by atoms with Gasteiger partial charge in [-0.25, -0.2) is 4.68 Å². The summed E-state index contributed by atoms with van der Waals surface area (Å²) in [5.74, 6) is 0.959. The number of hydrogen-bond donors (Lipinski definition) is 1. The number of rotatable bonds is 10. The number of ether oxygens (including phenoxy) is 2. The van der Waals surface area contributed by atoms with Crippen LogP contribution in [0.5, 0.6) is 11.5 Å². The molecule has 1 aromatic heterocycles. The molecule has 1 N–H and O–H groups in total. The van der Waals surface area contributed by atoms with E-state index in [0.29, 0.717) is 42.6 Å². The molecule has 0 bridgehead atoms. The minimum Gasteiger partial charge on any atom is -0.493 e. The van der Waals surface area contributed by atoms with Crippen molar-refractivity contribution in [2.45, 2.75) is 20.8 Å². The Kier molecular flexibility index (Phi) is 8.45. The van der Waals surface area contributed by atoms with Crippen LogP contribution in [-0.4, -0.2) is 53.3 Å². The smallest absolute Gasteiger partial charge is 0.259 e. The first kappa shape index (κ1) is 24.6. The number of amides is 2. The molecule has 0 unspecified atom stereocenters. The van der Waals surface area contributed by atoms with Crippen molar-refractivity contribution in [1.29, 1.82) is 0 Å². The van der Waals surface area contributed by atoms with E-state index < -0.39 is 0 Å². The molecule has 0 fully saturated rings. The van der Waals surface area contributed by atoms with Gasteiger partial charge in [-0.2, -0.15) is 5.10 Å². The monoisotopic (exact) mass is 462 g/mol. The molecule has 3 aromatic rings. The zero-order valence-corrected chi connectivity index (χ0v) is 19.9. The molecule has 0 atom stereocenters. The summed E-state index contributed by atoms with van der Waals surface area (Å²) in [7, 11) is 1.57. The lowest BCUT2D eigenvalue weighted by molar-refractivity contribution is -0.111. The van der Waals surface area contributed by atoms with E-state index in [1.165, 1.54) is 12.3 Å². The molecule has 178 valence electrons. The van der Waals surface area contributed by atoms with Crippen LogP contribution in [0.25, 0.3) is 11.8 Å². The average molecular weight is 463 g/mol. The molecule has 8 heteroatoms. The van der Waals surface area contributed by atoms with Gasteiger partial charge in [0.2, 0.25) is 5.91 Å². The molecule has 34 heavy (non-hydrogen) atoms. The van der Waals surface area contributed by atoms with Gasteiger partial charge in [0.15, 0.2) is 11.5 Å². The van der Waals surface area contributed by atoms with E-state index in [-0.39, 0.29) is 11.8 Å². The van der Waals surface area contributed by atoms with E-state index in [1.807, 2.05) is 57.2 Å². The van der Waals surface area contributed by atoms with E-state index in [2.05, 4.69) is 10.4 Å². The number of carbonyl (C=O) groups is 2. The van der Waals surface area contributed by atoms with E-state index in [4.69, 9.17) is 9.47 Å². The normalized spacial score (nSPS) is 10.8. The van der Waals surface area contributed by atoms with Crippen LogP contribution in [-0.2, 0) is 4.79 Å². The number of methoxy groups -OCH3 is 1. The lowest BCUT2D eigenvalue weighted by Gasteiger charge is -2.19. The molecule has 2 amide bonds. The molecule has 0 aliphatic rings. The van der Waals surface area contributed by atoms with Gasteiger partial charge in [0.25, 0.3) is 5.91 Å². The van der Waals surface area contributed by atoms with Crippen molar-refractivity contribution in [3.63, 3.8) is 0 Å². The number of hydrogen-bond acceptors (Lipinski definition) is 5. The van der Waals surface area contributed by atoms with Crippen molar-refractivity contribution in [2.75, 3.05) is 32.1 Å². The molecule has 0 saturated heterocycles. The molecule has 1 heterocycles. The highest BCUT2D eigenvalue weighted by molar-refractivity contribution is 6.07. The Morgan fingerprint density at radius 1 is 1.06 bits per heavy atom. The van der Waals surface area contributed by atoms with Crippen molar-refractivity contribution >= 4 is 23.7 Å². The lowest BCUT2D eigenvalue weighted by Crippen LogP contribution is -2.31. The molecular formula is C26H30N4O4. The Morgan fingerprint density at radius 2 is 1.79 bits per heavy atom. The van der Waals surface area contributed by atoms with Crippen molar-refractivity contribution in [3.05, 3.63) is 71.9 Å². The van der Waals surface area contributed by atoms with Gasteiger partial charge in [0.1, 0.15) is 11.4 Å². The maximum atomic E-state index is 13.1. The number of nitrogens with one attached hydrogen (secondary N) is 1. The molecule has 0 aliphatic carbocycles. The molecule has 0 saturated carbocycles. The largest absolute Gasteiger partial charge is 0.493 e. The summed E-state index contributed by atoms with van der Waals surface area (Å²) >= 11 is 0. The third kappa shape index (κ3) is 5.64. The maximum absolute atomic E-state index is 13.1. The first-order valence-electron chi connectivity index (χ1n) is 11.2. The van der Waals surface area contributed by atoms with Crippen molar-refractivity contribution in [2.24, 2.45) is 0 Å². The Bertz CT molecular complexity index is 1150. The van der Waals surface area contributed by atoms with E-state index in [1.54, 1.807) is 34.9 Å². The molecule has 0 spiro atoms. The van der Waals surface area contributed by atoms with Crippen LogP contribution in [0.15, 0.2) is 60.8 Å². The molecule has 0 aliphatic heterocycles. The number of aromatic nitrogens is 2. The summed E-state index contributed by atoms with van der Waals surface area (Å²) in [6.45, 7) is 7.36. The van der Waals surface area contributed by atoms with Crippen LogP contribution in [0.2, 0.25) is 0 Å². The van der Waals surface area contributed by atoms with E-state index in [0.717, 1.165) is 11.3 Å². The number of nitrogens with zero attached hydrogens (tertiary/aromatic N) is 3. The number of anilines is 1. The zero-order chi connectivity index (χ0) is 24.5. The molecule has 8 nitrogen and oxygen atoms in total. The maximum Gasteiger partial charge on any atom is 0.259 e. The van der Waals surface area contributed by atoms with Crippen molar-refractivity contribution < 1.29 is 19.1 Å². The second-order valence-corrected chi connectivity index (χ2v) is 7.30. The van der Waals surface area contributed by atoms with Gasteiger partial charge in [-0.05, 0) is 56.7 Å². The number of benzene rings is 2. The third-order valence-corrected chi connectivity index (χ3v) is 5.21. The quantitative estimate of drug-likeness (QED) is 0.451. The molecule has 3 rings (SSSR count). The highest BCUT2D eigenvalue weighted by atomic mass is 16.5. The Balaban J connectivity index is 1.89. The van der Waals surface area contributed by atoms with Gasteiger partial charge in [-0.3, -0.25) is 9.59 Å². The zero-order valence-electron chi connectivity index (χ0n) is 19.9. The summed E-state index contributed by atoms with van der Waals surface area (Å²) in [6, 6.07) is 14.8. The second-order valence-electron chi connectivity index (χ2n) is 7.30. The van der Waals surface area contributed by atoms with Gasteiger partial charge in [0, 0.05) is 19.2 Å². The SMILES string of the molecule is CCOc1ccc(/C=C/C(=O)Nc2c(C(=O)N(CC)CC)cnn2-c2ccccc2)cc1OC. The van der Waals surface area contributed by atoms with Crippen LogP contribution < -0.4 is 14.8 Å². The summed E-state index contributed by atoms with van der Waals surface area (Å²) in [5, 5.41) is 7.22. The van der Waals surface area contributed by atoms with Gasteiger partial charge in [0.05, 0.1) is 25.6 Å². The summed E-state index contributed by atoms with van der Waals surface area (Å²) in [6.07, 6.45) is 4.57. The number of carbonyl (C=O) groups excluding carboxylic acids is 2. The Labute approximate surface area is 199 Å². The van der Waals surface area contributed by atoms with Crippen LogP contribution in [0.3, 0.4) is 0 Å². The highest BCUT2D eigenvalue weighted by Gasteiger charge is 2.23. The summed E-state index contributed by atoms with van der Waals surface area (Å²) in [5.41, 5.74) is 1.83. The Morgan fingerprint density at radius 3 is 2.44 bits per heavy atom. The van der Waals surface area contributed by atoms with Crippen molar-refractivity contribution in [1.82, 2.24) is 14.7 Å². The standard InChI is InChI=1S/C26H30N4O4/c1-5-29(6-2)26(32)21-18-27-30(20-11-9-8-10-12-20)25(21)28-24(31)16-14-19-13-15-22(34-7-3)23(17-19)33-4/h8-18H,5-7H2,1-4H3,(H,28,31)/b16-14+. The van der Waals surface area contributed by atoms with Gasteiger partial charge >= 0.3 is 0 Å². The molecule has 2 aromatic carbocycles. The van der Waals surface area contributed by atoms with Crippen LogP contribution in [0.1, 0.15) is 36.7 Å². The summed E-state index contributed by atoms with van der Waals surface area (Å²) < 4.78 is 12.5. The minimum atomic E-state index is -0.390. The van der Waals surface area contributed by atoms with Gasteiger partial charge in [-0.15, -0.1) is 0 Å². The third-order valence-electron chi connectivity index (χ3n) is 5.21. The fourth-order valence-electron chi connectivity index (χ4n) is 3.46. The van der Waals surface area contributed by atoms with Gasteiger partial charge in [-0.1, -0.05) is 24.3 Å². The predicted octanol–water partition coefficient (Wildman–Crippen LogP) is 4.41. The van der Waals surface area contributed by atoms with Crippen LogP contribution in [0, 0.1) is 0 Å². The lowest BCUT2D eigenvalue weighted by atomic mass is 10.2. The molecular weight excluding hydrogens is 432 g/mol. The van der Waals surface area contributed by atoms with Crippen LogP contribution in [0.4, 0.5) is 5.82 Å². The Hall–Kier alpha value is -4.07. The first-order valence-corrected chi connectivity index (χ1v) is 11.2. The topological polar surface area (TPSA) is 85.7 Å². The van der Waals surface area contributed by atoms with Crippen LogP contribution >= 0.6 is 0 Å². The highest BCUT2D eigenvalue weighted by Crippen LogP contribution is 2.28.